The van der Waals surface area contributed by atoms with Crippen molar-refractivity contribution >= 4 is 47.2 Å². The Morgan fingerprint density at radius 1 is 1.28 bits per heavy atom. The van der Waals surface area contributed by atoms with Gasteiger partial charge < -0.3 is 16.0 Å². The van der Waals surface area contributed by atoms with Gasteiger partial charge in [-0.1, -0.05) is 6.07 Å². The van der Waals surface area contributed by atoms with Crippen molar-refractivity contribution in [1.29, 1.82) is 0 Å². The van der Waals surface area contributed by atoms with Crippen molar-refractivity contribution in [2.24, 2.45) is 4.99 Å². The zero-order chi connectivity index (χ0) is 17.2. The van der Waals surface area contributed by atoms with Gasteiger partial charge in [0.2, 0.25) is 5.91 Å². The second-order valence-electron chi connectivity index (χ2n) is 5.90. The summed E-state index contributed by atoms with van der Waals surface area (Å²) in [4.78, 5) is 19.6. The minimum absolute atomic E-state index is 0. The fourth-order valence-corrected chi connectivity index (χ4v) is 3.71. The largest absolute Gasteiger partial charge is 0.357 e. The number of likely N-dealkylation sites (tertiary alicyclic amines) is 1. The molecule has 0 saturated carbocycles. The monoisotopic (exact) mass is 479 g/mol. The number of hydrogen-bond donors (Lipinski definition) is 3. The average Bonchev–Trinajstić information content (AvgIpc) is 3.25. The maximum Gasteiger partial charge on any atom is 0.216 e. The number of carbonyl (C=O) groups is 1. The van der Waals surface area contributed by atoms with Gasteiger partial charge in [-0.3, -0.25) is 14.7 Å². The molecule has 2 heterocycles. The summed E-state index contributed by atoms with van der Waals surface area (Å²) >= 11 is 1.81. The summed E-state index contributed by atoms with van der Waals surface area (Å²) in [6, 6.07) is 4.68. The summed E-state index contributed by atoms with van der Waals surface area (Å²) < 4.78 is 0. The van der Waals surface area contributed by atoms with E-state index in [0.29, 0.717) is 19.1 Å². The Morgan fingerprint density at radius 2 is 2.00 bits per heavy atom. The number of amides is 1. The molecule has 1 aromatic heterocycles. The molecule has 1 aliphatic heterocycles. The van der Waals surface area contributed by atoms with Gasteiger partial charge in [0.25, 0.3) is 0 Å². The van der Waals surface area contributed by atoms with Crippen LogP contribution in [-0.4, -0.2) is 56.0 Å². The summed E-state index contributed by atoms with van der Waals surface area (Å²) in [5.74, 6) is 0.800. The van der Waals surface area contributed by atoms with Crippen molar-refractivity contribution in [3.8, 4) is 0 Å². The normalized spacial score (nSPS) is 16.2. The van der Waals surface area contributed by atoms with Gasteiger partial charge in [0.05, 0.1) is 12.6 Å². The van der Waals surface area contributed by atoms with Crippen molar-refractivity contribution in [2.75, 3.05) is 39.3 Å². The molecule has 1 aromatic rings. The number of aliphatic imine (C=N–C) groups is 1. The zero-order valence-corrected chi connectivity index (χ0v) is 18.2. The maximum atomic E-state index is 10.9. The van der Waals surface area contributed by atoms with Gasteiger partial charge in [0.1, 0.15) is 0 Å². The molecule has 1 unspecified atom stereocenters. The number of guanidine groups is 1. The first-order valence-electron chi connectivity index (χ1n) is 8.74. The van der Waals surface area contributed by atoms with Crippen LogP contribution >= 0.6 is 35.3 Å². The lowest BCUT2D eigenvalue weighted by Crippen LogP contribution is -2.41. The van der Waals surface area contributed by atoms with Crippen LogP contribution in [0.25, 0.3) is 0 Å². The number of rotatable bonds is 8. The third kappa shape index (κ3) is 7.91. The Labute approximate surface area is 171 Å². The second kappa shape index (κ2) is 12.5. The maximum absolute atomic E-state index is 10.9. The van der Waals surface area contributed by atoms with Crippen molar-refractivity contribution in [2.45, 2.75) is 32.7 Å². The molecular weight excluding hydrogens is 449 g/mol. The molecule has 0 radical (unpaired) electrons. The van der Waals surface area contributed by atoms with Crippen LogP contribution < -0.4 is 16.0 Å². The third-order valence-electron chi connectivity index (χ3n) is 4.01. The topological polar surface area (TPSA) is 68.8 Å². The van der Waals surface area contributed by atoms with E-state index in [2.05, 4.69) is 45.3 Å². The number of nitrogens with zero attached hydrogens (tertiary/aromatic N) is 2. The van der Waals surface area contributed by atoms with Gasteiger partial charge in [0.15, 0.2) is 5.96 Å². The molecule has 1 amide bonds. The van der Waals surface area contributed by atoms with Crippen LogP contribution in [0.1, 0.15) is 37.6 Å². The average molecular weight is 479 g/mol. The second-order valence-corrected chi connectivity index (χ2v) is 6.88. The fourth-order valence-electron chi connectivity index (χ4n) is 2.86. The van der Waals surface area contributed by atoms with Crippen molar-refractivity contribution in [3.63, 3.8) is 0 Å². The molecule has 142 valence electrons. The predicted octanol–water partition coefficient (Wildman–Crippen LogP) is 2.19. The Balaban J connectivity index is 0.00000312. The van der Waals surface area contributed by atoms with Crippen LogP contribution in [0.2, 0.25) is 0 Å². The molecule has 0 bridgehead atoms. The molecule has 0 aliphatic carbocycles. The molecule has 1 atom stereocenters. The molecule has 8 heteroatoms. The van der Waals surface area contributed by atoms with Crippen molar-refractivity contribution < 1.29 is 4.79 Å². The Hall–Kier alpha value is -0.870. The lowest BCUT2D eigenvalue weighted by Gasteiger charge is -2.25. The van der Waals surface area contributed by atoms with Gasteiger partial charge in [-0.05, 0) is 44.3 Å². The number of halogens is 1. The highest BCUT2D eigenvalue weighted by atomic mass is 127. The van der Waals surface area contributed by atoms with E-state index in [4.69, 9.17) is 4.99 Å². The van der Waals surface area contributed by atoms with Crippen LogP contribution in [0.5, 0.6) is 0 Å². The standard InChI is InChI=1S/C17H29N5OS.HI/c1-3-18-17(20-9-8-19-14(2)23)21-13-15(16-7-6-12-24-16)22-10-4-5-11-22;/h6-7,12,15H,3-5,8-11,13H2,1-2H3,(H,19,23)(H2,18,20,21);1H. The van der Waals surface area contributed by atoms with Crippen molar-refractivity contribution in [1.82, 2.24) is 20.9 Å². The Kier molecular flexibility index (Phi) is 11.1. The van der Waals surface area contributed by atoms with Crippen LogP contribution in [0.4, 0.5) is 0 Å². The van der Waals surface area contributed by atoms with Gasteiger partial charge >= 0.3 is 0 Å². The van der Waals surface area contributed by atoms with Crippen LogP contribution in [0, 0.1) is 0 Å². The third-order valence-corrected chi connectivity index (χ3v) is 4.98. The van der Waals surface area contributed by atoms with E-state index < -0.39 is 0 Å². The van der Waals surface area contributed by atoms with Crippen molar-refractivity contribution in [3.05, 3.63) is 22.4 Å². The summed E-state index contributed by atoms with van der Waals surface area (Å²) in [5, 5.41) is 11.5. The Bertz CT molecular complexity index is 517. The summed E-state index contributed by atoms with van der Waals surface area (Å²) in [7, 11) is 0. The van der Waals surface area contributed by atoms with Gasteiger partial charge in [-0.25, -0.2) is 0 Å². The predicted molar refractivity (Wildman–Crippen MR) is 116 cm³/mol. The highest BCUT2D eigenvalue weighted by Crippen LogP contribution is 2.28. The minimum Gasteiger partial charge on any atom is -0.357 e. The van der Waals surface area contributed by atoms with Gasteiger partial charge in [0, 0.05) is 31.4 Å². The van der Waals surface area contributed by atoms with E-state index in [9.17, 15) is 4.79 Å². The quantitative estimate of drug-likeness (QED) is 0.232. The van der Waals surface area contributed by atoms with E-state index in [1.807, 2.05) is 11.3 Å². The molecule has 0 aromatic carbocycles. The lowest BCUT2D eigenvalue weighted by molar-refractivity contribution is -0.118. The number of thiophene rings is 1. The highest BCUT2D eigenvalue weighted by molar-refractivity contribution is 14.0. The number of nitrogens with one attached hydrogen (secondary N) is 3. The molecule has 1 aliphatic rings. The molecule has 1 saturated heterocycles. The summed E-state index contributed by atoms with van der Waals surface area (Å²) in [5.41, 5.74) is 0. The summed E-state index contributed by atoms with van der Waals surface area (Å²) in [6.45, 7) is 8.73. The van der Waals surface area contributed by atoms with E-state index in [0.717, 1.165) is 32.1 Å². The molecule has 1 fully saturated rings. The number of hydrogen-bond acceptors (Lipinski definition) is 4. The van der Waals surface area contributed by atoms with Gasteiger partial charge in [-0.15, -0.1) is 35.3 Å². The minimum atomic E-state index is -0.00877. The Morgan fingerprint density at radius 3 is 2.60 bits per heavy atom. The van der Waals surface area contributed by atoms with Crippen LogP contribution in [0.3, 0.4) is 0 Å². The van der Waals surface area contributed by atoms with Gasteiger partial charge in [-0.2, -0.15) is 0 Å². The number of carbonyl (C=O) groups excluding carboxylic acids is 1. The van der Waals surface area contributed by atoms with E-state index in [1.54, 1.807) is 0 Å². The zero-order valence-electron chi connectivity index (χ0n) is 15.1. The SMILES string of the molecule is CCNC(=NCC(c1cccs1)N1CCCC1)NCCNC(C)=O.I. The first-order valence-corrected chi connectivity index (χ1v) is 9.62. The van der Waals surface area contributed by atoms with E-state index >= 15 is 0 Å². The highest BCUT2D eigenvalue weighted by Gasteiger charge is 2.24. The molecular formula is C17H30IN5OS. The lowest BCUT2D eigenvalue weighted by atomic mass is 10.2. The first-order chi connectivity index (χ1) is 11.7. The fraction of sp³-hybridized carbons (Fsp3) is 0.647. The van der Waals surface area contributed by atoms with Crippen LogP contribution in [0.15, 0.2) is 22.5 Å². The summed E-state index contributed by atoms with van der Waals surface area (Å²) in [6.07, 6.45) is 2.56. The molecule has 3 N–H and O–H groups in total. The van der Waals surface area contributed by atoms with E-state index in [-0.39, 0.29) is 29.9 Å². The molecule has 2 rings (SSSR count). The first kappa shape index (κ1) is 22.2. The molecule has 25 heavy (non-hydrogen) atoms. The van der Waals surface area contributed by atoms with Crippen LogP contribution in [-0.2, 0) is 4.79 Å². The molecule has 6 nitrogen and oxygen atoms in total. The molecule has 0 spiro atoms. The smallest absolute Gasteiger partial charge is 0.216 e. The van der Waals surface area contributed by atoms with E-state index in [1.165, 1.54) is 24.6 Å².